The third-order valence-electron chi connectivity index (χ3n) is 4.87. The van der Waals surface area contributed by atoms with Crippen LogP contribution in [0.3, 0.4) is 0 Å². The third-order valence-corrected chi connectivity index (χ3v) is 4.87. The Kier molecular flexibility index (Phi) is 4.90. The van der Waals surface area contributed by atoms with Gasteiger partial charge in [-0.15, -0.1) is 0 Å². The average Bonchev–Trinajstić information content (AvgIpc) is 3.07. The van der Waals surface area contributed by atoms with Crippen molar-refractivity contribution < 1.29 is 0 Å². The highest BCUT2D eigenvalue weighted by atomic mass is 15.3. The van der Waals surface area contributed by atoms with Gasteiger partial charge in [0.25, 0.3) is 0 Å². The van der Waals surface area contributed by atoms with Crippen molar-refractivity contribution in [3.05, 3.63) is 48.3 Å². The number of aromatic nitrogens is 2. The fourth-order valence-electron chi connectivity index (χ4n) is 3.51. The molecule has 2 N–H and O–H groups in total. The standard InChI is InChI=1S/C18H26N4/c1-21(16-8-4-2-5-9-16)18(12-19)15-13-20-22(14-15)17-10-6-3-7-11-17/h3,6-7,10-11,13-14,16,18H,2,4-5,8-9,12,19H2,1H3. The van der Waals surface area contributed by atoms with Gasteiger partial charge in [-0.05, 0) is 32.0 Å². The molecule has 1 aromatic carbocycles. The summed E-state index contributed by atoms with van der Waals surface area (Å²) in [7, 11) is 2.22. The van der Waals surface area contributed by atoms with Crippen molar-refractivity contribution >= 4 is 0 Å². The fraction of sp³-hybridized carbons (Fsp3) is 0.500. The molecular formula is C18H26N4. The van der Waals surface area contributed by atoms with Crippen LogP contribution >= 0.6 is 0 Å². The van der Waals surface area contributed by atoms with Crippen LogP contribution < -0.4 is 5.73 Å². The van der Waals surface area contributed by atoms with Crippen molar-refractivity contribution in [2.45, 2.75) is 44.2 Å². The molecule has 118 valence electrons. The van der Waals surface area contributed by atoms with Gasteiger partial charge in [0.05, 0.1) is 17.9 Å². The van der Waals surface area contributed by atoms with E-state index in [0.717, 1.165) is 5.69 Å². The number of nitrogens with two attached hydrogens (primary N) is 1. The summed E-state index contributed by atoms with van der Waals surface area (Å²) in [6, 6.07) is 11.1. The van der Waals surface area contributed by atoms with Gasteiger partial charge in [0.2, 0.25) is 0 Å². The Morgan fingerprint density at radius 1 is 1.23 bits per heavy atom. The van der Waals surface area contributed by atoms with Gasteiger partial charge in [0.1, 0.15) is 0 Å². The monoisotopic (exact) mass is 298 g/mol. The Balaban J connectivity index is 1.77. The van der Waals surface area contributed by atoms with E-state index in [2.05, 4.69) is 35.4 Å². The zero-order chi connectivity index (χ0) is 15.4. The van der Waals surface area contributed by atoms with Crippen LogP contribution in [0.1, 0.15) is 43.7 Å². The molecule has 1 aromatic heterocycles. The fourth-order valence-corrected chi connectivity index (χ4v) is 3.51. The molecule has 1 heterocycles. The van der Waals surface area contributed by atoms with Crippen molar-refractivity contribution in [3.8, 4) is 5.69 Å². The highest BCUT2D eigenvalue weighted by Gasteiger charge is 2.25. The van der Waals surface area contributed by atoms with Gasteiger partial charge < -0.3 is 5.73 Å². The van der Waals surface area contributed by atoms with Gasteiger partial charge in [0, 0.05) is 24.3 Å². The summed E-state index contributed by atoms with van der Waals surface area (Å²) in [4.78, 5) is 2.46. The van der Waals surface area contributed by atoms with Crippen LogP contribution in [-0.4, -0.2) is 34.3 Å². The first kappa shape index (κ1) is 15.3. The van der Waals surface area contributed by atoms with Crippen LogP contribution in [0, 0.1) is 0 Å². The number of rotatable bonds is 5. The summed E-state index contributed by atoms with van der Waals surface area (Å²) >= 11 is 0. The Labute approximate surface area is 132 Å². The molecule has 1 saturated carbocycles. The van der Waals surface area contributed by atoms with Crippen molar-refractivity contribution in [1.82, 2.24) is 14.7 Å². The lowest BCUT2D eigenvalue weighted by atomic mass is 9.93. The van der Waals surface area contributed by atoms with Gasteiger partial charge >= 0.3 is 0 Å². The van der Waals surface area contributed by atoms with Gasteiger partial charge in [-0.2, -0.15) is 5.10 Å². The van der Waals surface area contributed by atoms with E-state index in [1.165, 1.54) is 37.7 Å². The predicted molar refractivity (Wildman–Crippen MR) is 90.0 cm³/mol. The smallest absolute Gasteiger partial charge is 0.0645 e. The third kappa shape index (κ3) is 3.23. The number of likely N-dealkylation sites (N-methyl/N-ethyl adjacent to an activating group) is 1. The average molecular weight is 298 g/mol. The van der Waals surface area contributed by atoms with Crippen molar-refractivity contribution in [3.63, 3.8) is 0 Å². The summed E-state index contributed by atoms with van der Waals surface area (Å²) in [6.45, 7) is 0.632. The zero-order valence-electron chi connectivity index (χ0n) is 13.4. The number of hydrogen-bond acceptors (Lipinski definition) is 3. The van der Waals surface area contributed by atoms with Crippen LogP contribution in [0.4, 0.5) is 0 Å². The summed E-state index contributed by atoms with van der Waals surface area (Å²) in [6.07, 6.45) is 10.7. The number of benzene rings is 1. The summed E-state index contributed by atoms with van der Waals surface area (Å²) in [5, 5.41) is 4.52. The predicted octanol–water partition coefficient (Wildman–Crippen LogP) is 3.14. The topological polar surface area (TPSA) is 47.1 Å². The lowest BCUT2D eigenvalue weighted by Gasteiger charge is -2.36. The number of hydrogen-bond donors (Lipinski definition) is 1. The molecule has 22 heavy (non-hydrogen) atoms. The second-order valence-corrected chi connectivity index (χ2v) is 6.26. The molecule has 0 saturated heterocycles. The first-order chi connectivity index (χ1) is 10.8. The molecule has 3 rings (SSSR count). The Hall–Kier alpha value is -1.65. The molecule has 0 radical (unpaired) electrons. The minimum absolute atomic E-state index is 0.251. The second-order valence-electron chi connectivity index (χ2n) is 6.26. The van der Waals surface area contributed by atoms with E-state index in [1.807, 2.05) is 29.1 Å². The highest BCUT2D eigenvalue weighted by Crippen LogP contribution is 2.28. The van der Waals surface area contributed by atoms with Crippen molar-refractivity contribution in [1.29, 1.82) is 0 Å². The molecule has 1 unspecified atom stereocenters. The Morgan fingerprint density at radius 2 is 1.95 bits per heavy atom. The van der Waals surface area contributed by atoms with Crippen molar-refractivity contribution in [2.24, 2.45) is 5.73 Å². The molecular weight excluding hydrogens is 272 g/mol. The summed E-state index contributed by atoms with van der Waals surface area (Å²) < 4.78 is 1.94. The van der Waals surface area contributed by atoms with E-state index in [1.54, 1.807) is 0 Å². The van der Waals surface area contributed by atoms with E-state index in [9.17, 15) is 0 Å². The quantitative estimate of drug-likeness (QED) is 0.922. The van der Waals surface area contributed by atoms with Gasteiger partial charge in [-0.1, -0.05) is 37.5 Å². The SMILES string of the molecule is CN(C1CCCCC1)C(CN)c1cnn(-c2ccccc2)c1. The van der Waals surface area contributed by atoms with Gasteiger partial charge in [0.15, 0.2) is 0 Å². The lowest BCUT2D eigenvalue weighted by Crippen LogP contribution is -2.39. The maximum Gasteiger partial charge on any atom is 0.0645 e. The van der Waals surface area contributed by atoms with E-state index in [4.69, 9.17) is 5.73 Å². The van der Waals surface area contributed by atoms with Crippen LogP contribution in [0.25, 0.3) is 5.69 Å². The van der Waals surface area contributed by atoms with E-state index >= 15 is 0 Å². The molecule has 1 fully saturated rings. The molecule has 4 heteroatoms. The largest absolute Gasteiger partial charge is 0.329 e. The Morgan fingerprint density at radius 3 is 2.64 bits per heavy atom. The number of nitrogens with zero attached hydrogens (tertiary/aromatic N) is 3. The summed E-state index contributed by atoms with van der Waals surface area (Å²) in [5.74, 6) is 0. The molecule has 0 bridgehead atoms. The zero-order valence-corrected chi connectivity index (χ0v) is 13.4. The van der Waals surface area contributed by atoms with E-state index in [0.29, 0.717) is 12.6 Å². The van der Waals surface area contributed by atoms with Crippen LogP contribution in [0.15, 0.2) is 42.7 Å². The lowest BCUT2D eigenvalue weighted by molar-refractivity contribution is 0.140. The second kappa shape index (κ2) is 7.07. The molecule has 0 amide bonds. The molecule has 2 aromatic rings. The first-order valence-electron chi connectivity index (χ1n) is 8.31. The number of para-hydroxylation sites is 1. The first-order valence-corrected chi connectivity index (χ1v) is 8.31. The van der Waals surface area contributed by atoms with E-state index in [-0.39, 0.29) is 6.04 Å². The maximum atomic E-state index is 6.08. The maximum absolute atomic E-state index is 6.08. The highest BCUT2D eigenvalue weighted by molar-refractivity contribution is 5.31. The van der Waals surface area contributed by atoms with Crippen LogP contribution in [0.2, 0.25) is 0 Å². The molecule has 1 aliphatic rings. The van der Waals surface area contributed by atoms with Gasteiger partial charge in [-0.3, -0.25) is 4.90 Å². The van der Waals surface area contributed by atoms with E-state index < -0.39 is 0 Å². The summed E-state index contributed by atoms with van der Waals surface area (Å²) in [5.41, 5.74) is 8.38. The van der Waals surface area contributed by atoms with Crippen LogP contribution in [-0.2, 0) is 0 Å². The molecule has 1 atom stereocenters. The van der Waals surface area contributed by atoms with Crippen molar-refractivity contribution in [2.75, 3.05) is 13.6 Å². The molecule has 4 nitrogen and oxygen atoms in total. The molecule has 1 aliphatic carbocycles. The normalized spacial score (nSPS) is 17.8. The minimum atomic E-state index is 0.251. The molecule has 0 spiro atoms. The minimum Gasteiger partial charge on any atom is -0.329 e. The van der Waals surface area contributed by atoms with Gasteiger partial charge in [-0.25, -0.2) is 4.68 Å². The Bertz CT molecular complexity index is 572. The van der Waals surface area contributed by atoms with Crippen LogP contribution in [0.5, 0.6) is 0 Å². The molecule has 0 aliphatic heterocycles.